The molecular formula is C21H36N5O15P. The number of rotatable bonds is 16. The van der Waals surface area contributed by atoms with Crippen molar-refractivity contribution in [2.24, 2.45) is 5.73 Å². The minimum absolute atomic E-state index is 0.102. The lowest BCUT2D eigenvalue weighted by Crippen LogP contribution is -2.68. The van der Waals surface area contributed by atoms with Crippen LogP contribution < -0.4 is 22.5 Å². The van der Waals surface area contributed by atoms with Crippen LogP contribution in [-0.2, 0) is 32.7 Å². The van der Waals surface area contributed by atoms with E-state index >= 15 is 0 Å². The molecule has 20 nitrogen and oxygen atoms in total. The molecular weight excluding hydrogens is 593 g/mol. The summed E-state index contributed by atoms with van der Waals surface area (Å²) in [7, 11) is -3.89. The van der Waals surface area contributed by atoms with E-state index in [1.165, 1.54) is 19.2 Å². The molecule has 1 fully saturated rings. The maximum Gasteiger partial charge on any atom is 0.364 e. The number of aliphatic carboxylic acids is 1. The highest BCUT2D eigenvalue weighted by atomic mass is 31.1. The van der Waals surface area contributed by atoms with Crippen LogP contribution in [0.25, 0.3) is 0 Å². The number of nitrogens with one attached hydrogen (secondary N) is 1. The number of amides is 1. The molecule has 2 heterocycles. The maximum atomic E-state index is 12.7. The monoisotopic (exact) mass is 629 g/mol. The second kappa shape index (κ2) is 15.8. The number of carboxylic acids is 1. The van der Waals surface area contributed by atoms with Crippen molar-refractivity contribution < 1.29 is 68.4 Å². The summed E-state index contributed by atoms with van der Waals surface area (Å²) in [5, 5.41) is 72.1. The third-order valence-corrected chi connectivity index (χ3v) is 6.94. The summed E-state index contributed by atoms with van der Waals surface area (Å²) in [4.78, 5) is 39.7. The number of ether oxygens (including phenoxy) is 2. The number of hydrogen-bond donors (Lipinski definition) is 10. The first-order valence-electron chi connectivity index (χ1n) is 12.4. The van der Waals surface area contributed by atoms with Gasteiger partial charge in [0.15, 0.2) is 6.23 Å². The summed E-state index contributed by atoms with van der Waals surface area (Å²) in [6.45, 7) is -1.87. The third kappa shape index (κ3) is 8.96. The zero-order chi connectivity index (χ0) is 31.8. The van der Waals surface area contributed by atoms with Crippen LogP contribution >= 0.6 is 8.25 Å². The van der Waals surface area contributed by atoms with Gasteiger partial charge in [-0.1, -0.05) is 0 Å². The molecule has 42 heavy (non-hydrogen) atoms. The molecule has 0 spiro atoms. The van der Waals surface area contributed by atoms with E-state index in [0.717, 1.165) is 4.57 Å². The molecule has 2 rings (SSSR count). The van der Waals surface area contributed by atoms with Gasteiger partial charge < -0.3 is 66.5 Å². The lowest BCUT2D eigenvalue weighted by molar-refractivity contribution is -0.285. The van der Waals surface area contributed by atoms with Crippen molar-refractivity contribution in [2.75, 3.05) is 32.1 Å². The maximum absolute atomic E-state index is 12.7. The SMILES string of the molecule is C[C@H](O)[C@@H](O[C@@H](CO)CO[PH](=O)O[C@@]1(C(=O)O)C[C@@H](O)[C@@H](NC(=O)CN)C([C@H](O)[C@H](O)CO)O1)n1ccc(N)nc1=O. The number of carboxylic acid groups (broad SMARTS) is 1. The number of nitrogens with zero attached hydrogens (tertiary/aromatic N) is 2. The number of hydrogen-bond acceptors (Lipinski definition) is 17. The molecule has 1 aliphatic heterocycles. The Labute approximate surface area is 238 Å². The molecule has 1 saturated heterocycles. The predicted molar refractivity (Wildman–Crippen MR) is 138 cm³/mol. The summed E-state index contributed by atoms with van der Waals surface area (Å²) in [6, 6.07) is -0.302. The predicted octanol–water partition coefficient (Wildman–Crippen LogP) is -5.41. The standard InChI is InChI=1S/C21H36N5O15P/c1-9(29)18(26-3-2-13(23)24-20(26)36)39-10(6-27)8-38-42(37)41-21(19(34)35)4-11(30)15(25-14(32)5-22)17(40-21)16(33)12(31)7-28/h2-3,9-12,15-18,27-31,33,42H,4-8,22H2,1H3,(H,25,32)(H,34,35)(H2,23,24,36)/t9-,10-,11+,12+,15+,16+,17?,18+,21+/m0/s1. The molecule has 1 aliphatic rings. The molecule has 2 unspecified atom stereocenters. The quantitative estimate of drug-likeness (QED) is 0.0762. The van der Waals surface area contributed by atoms with Crippen LogP contribution in [0.15, 0.2) is 17.1 Å². The van der Waals surface area contributed by atoms with E-state index in [1.807, 2.05) is 0 Å². The van der Waals surface area contributed by atoms with Gasteiger partial charge in [0.2, 0.25) is 5.91 Å². The normalized spacial score (nSPS) is 26.9. The van der Waals surface area contributed by atoms with Crippen LogP contribution in [0.1, 0.15) is 19.6 Å². The van der Waals surface area contributed by atoms with Gasteiger partial charge >= 0.3 is 19.9 Å². The highest BCUT2D eigenvalue weighted by Crippen LogP contribution is 2.41. The van der Waals surface area contributed by atoms with Gasteiger partial charge in [-0.05, 0) is 13.0 Å². The highest BCUT2D eigenvalue weighted by Gasteiger charge is 2.56. The van der Waals surface area contributed by atoms with Crippen molar-refractivity contribution in [3.05, 3.63) is 22.7 Å². The number of aliphatic hydroxyl groups excluding tert-OH is 6. The Morgan fingerprint density at radius 3 is 2.50 bits per heavy atom. The Bertz CT molecular complexity index is 1140. The molecule has 0 radical (unpaired) electrons. The van der Waals surface area contributed by atoms with Crippen molar-refractivity contribution >= 4 is 25.9 Å². The van der Waals surface area contributed by atoms with Gasteiger partial charge in [-0.15, -0.1) is 0 Å². The third-order valence-electron chi connectivity index (χ3n) is 6.04. The number of carbonyl (C=O) groups excluding carboxylic acids is 1. The zero-order valence-electron chi connectivity index (χ0n) is 22.3. The van der Waals surface area contributed by atoms with Crippen molar-refractivity contribution in [1.82, 2.24) is 14.9 Å². The summed E-state index contributed by atoms with van der Waals surface area (Å²) in [5.74, 6) is -5.85. The van der Waals surface area contributed by atoms with Crippen molar-refractivity contribution in [3.8, 4) is 0 Å². The molecule has 1 aromatic rings. The largest absolute Gasteiger partial charge is 0.477 e. The summed E-state index contributed by atoms with van der Waals surface area (Å²) >= 11 is 0. The van der Waals surface area contributed by atoms with Gasteiger partial charge in [0.1, 0.15) is 30.2 Å². The number of carbonyl (C=O) groups is 2. The molecule has 0 aliphatic carbocycles. The van der Waals surface area contributed by atoms with E-state index in [2.05, 4.69) is 10.3 Å². The van der Waals surface area contributed by atoms with Gasteiger partial charge in [0, 0.05) is 12.6 Å². The fourth-order valence-corrected chi connectivity index (χ4v) is 4.80. The van der Waals surface area contributed by atoms with Gasteiger partial charge in [0.05, 0.1) is 44.6 Å². The first-order chi connectivity index (χ1) is 19.7. The molecule has 0 aromatic carbocycles. The van der Waals surface area contributed by atoms with E-state index in [0.29, 0.717) is 0 Å². The molecule has 0 bridgehead atoms. The number of aromatic nitrogens is 2. The summed E-state index contributed by atoms with van der Waals surface area (Å²) in [5.41, 5.74) is 9.80. The Morgan fingerprint density at radius 2 is 1.98 bits per heavy atom. The number of nitrogens with two attached hydrogens (primary N) is 2. The highest BCUT2D eigenvalue weighted by molar-refractivity contribution is 7.33. The summed E-state index contributed by atoms with van der Waals surface area (Å²) in [6.07, 6.45) is -11.7. The minimum Gasteiger partial charge on any atom is -0.477 e. The van der Waals surface area contributed by atoms with Gasteiger partial charge in [-0.3, -0.25) is 18.5 Å². The lowest BCUT2D eigenvalue weighted by atomic mass is 9.88. The lowest BCUT2D eigenvalue weighted by Gasteiger charge is -2.46. The number of nitrogen functional groups attached to an aromatic ring is 1. The average molecular weight is 630 g/mol. The zero-order valence-corrected chi connectivity index (χ0v) is 23.3. The van der Waals surface area contributed by atoms with Gasteiger partial charge in [-0.25, -0.2) is 9.59 Å². The van der Waals surface area contributed by atoms with Crippen LogP contribution in [-0.4, -0.2) is 132 Å². The van der Waals surface area contributed by atoms with E-state index in [9.17, 15) is 54.7 Å². The van der Waals surface area contributed by atoms with Crippen LogP contribution in [0, 0.1) is 0 Å². The van der Waals surface area contributed by atoms with Crippen molar-refractivity contribution in [3.63, 3.8) is 0 Å². The van der Waals surface area contributed by atoms with Gasteiger partial charge in [0.25, 0.3) is 5.79 Å². The van der Waals surface area contributed by atoms with Crippen LogP contribution in [0.5, 0.6) is 0 Å². The van der Waals surface area contributed by atoms with Crippen LogP contribution in [0.3, 0.4) is 0 Å². The summed E-state index contributed by atoms with van der Waals surface area (Å²) < 4.78 is 34.5. The molecule has 1 amide bonds. The Morgan fingerprint density at radius 1 is 1.31 bits per heavy atom. The molecule has 21 heteroatoms. The second-order valence-corrected chi connectivity index (χ2v) is 10.2. The topological polar surface area (TPSA) is 329 Å². The molecule has 240 valence electrons. The minimum atomic E-state index is -3.89. The van der Waals surface area contributed by atoms with Crippen molar-refractivity contribution in [2.45, 2.75) is 68.0 Å². The molecule has 10 atom stereocenters. The number of aliphatic hydroxyl groups is 6. The van der Waals surface area contributed by atoms with Crippen molar-refractivity contribution in [1.29, 1.82) is 0 Å². The Hall–Kier alpha value is -2.59. The van der Waals surface area contributed by atoms with E-state index in [4.69, 9.17) is 30.0 Å². The molecule has 12 N–H and O–H groups in total. The fraction of sp³-hybridized carbons (Fsp3) is 0.714. The van der Waals surface area contributed by atoms with E-state index in [1.54, 1.807) is 0 Å². The Kier molecular flexibility index (Phi) is 13.4. The van der Waals surface area contributed by atoms with Gasteiger partial charge in [-0.2, -0.15) is 4.98 Å². The fourth-order valence-electron chi connectivity index (χ4n) is 3.93. The average Bonchev–Trinajstić information content (AvgIpc) is 2.93. The first-order valence-corrected chi connectivity index (χ1v) is 13.6. The van der Waals surface area contributed by atoms with E-state index < -0.39 is 113 Å². The number of anilines is 1. The molecule has 0 saturated carbocycles. The smallest absolute Gasteiger partial charge is 0.364 e. The Balaban J connectivity index is 2.21. The van der Waals surface area contributed by atoms with Crippen LogP contribution in [0.2, 0.25) is 0 Å². The molecule has 1 aromatic heterocycles. The first kappa shape index (κ1) is 35.6. The van der Waals surface area contributed by atoms with Crippen LogP contribution in [0.4, 0.5) is 5.82 Å². The second-order valence-electron chi connectivity index (χ2n) is 9.23. The van der Waals surface area contributed by atoms with E-state index in [-0.39, 0.29) is 5.82 Å².